The van der Waals surface area contributed by atoms with Crippen LogP contribution in [0, 0.1) is 5.82 Å². The summed E-state index contributed by atoms with van der Waals surface area (Å²) in [5.74, 6) is -0.0752. The monoisotopic (exact) mass is 571 g/mol. The minimum Gasteiger partial charge on any atom is -0.469 e. The third-order valence-corrected chi connectivity index (χ3v) is 8.69. The lowest BCUT2D eigenvalue weighted by Gasteiger charge is -2.25. The first kappa shape index (κ1) is 28.0. The zero-order chi connectivity index (χ0) is 28.8. The molecule has 5 rings (SSSR count). The number of carbonyl (C=O) groups excluding carboxylic acids is 1. The van der Waals surface area contributed by atoms with Gasteiger partial charge in [0.1, 0.15) is 11.6 Å². The summed E-state index contributed by atoms with van der Waals surface area (Å²) in [6.07, 6.45) is 2.00. The van der Waals surface area contributed by atoms with E-state index in [4.69, 9.17) is 9.72 Å². The van der Waals surface area contributed by atoms with Gasteiger partial charge in [0.25, 0.3) is 10.0 Å². The van der Waals surface area contributed by atoms with E-state index in [9.17, 15) is 17.6 Å². The topological polar surface area (TPSA) is 81.5 Å². The molecule has 0 spiro atoms. The Morgan fingerprint density at radius 2 is 1.56 bits per heavy atom. The molecule has 0 atom stereocenters. The molecule has 0 N–H and O–H groups in total. The van der Waals surface area contributed by atoms with E-state index in [1.807, 2.05) is 66.7 Å². The molecule has 0 bridgehead atoms. The molecule has 0 radical (unpaired) electrons. The van der Waals surface area contributed by atoms with Crippen LogP contribution in [0.4, 0.5) is 10.1 Å². The Kier molecular flexibility index (Phi) is 8.45. The van der Waals surface area contributed by atoms with Gasteiger partial charge < -0.3 is 4.74 Å². The van der Waals surface area contributed by atoms with Gasteiger partial charge in [-0.1, -0.05) is 55.0 Å². The predicted molar refractivity (Wildman–Crippen MR) is 158 cm³/mol. The van der Waals surface area contributed by atoms with Crippen molar-refractivity contribution in [1.29, 1.82) is 0 Å². The first-order valence-electron chi connectivity index (χ1n) is 13.4. The van der Waals surface area contributed by atoms with Crippen LogP contribution in [0.3, 0.4) is 0 Å². The summed E-state index contributed by atoms with van der Waals surface area (Å²) in [5, 5.41) is 0. The number of hydrogen-bond donors (Lipinski definition) is 0. The standard InChI is InChI=1S/C32H30FN3O4S/c1-40-31(37)15-9-4-10-22-35(41(38,39)28-19-16-25(33)17-20-28)27-18-21-30-29(23-27)34-32(24-11-5-2-6-12-24)36(30)26-13-7-3-8-14-26/h2-3,5-8,11-14,16-21,23H,4,9-10,15,22H2,1H3. The zero-order valence-corrected chi connectivity index (χ0v) is 23.4. The highest BCUT2D eigenvalue weighted by Gasteiger charge is 2.26. The lowest BCUT2D eigenvalue weighted by atomic mass is 10.2. The van der Waals surface area contributed by atoms with Crippen LogP contribution in [-0.4, -0.2) is 37.6 Å². The Morgan fingerprint density at radius 1 is 0.878 bits per heavy atom. The lowest BCUT2D eigenvalue weighted by Crippen LogP contribution is -2.32. The highest BCUT2D eigenvalue weighted by Crippen LogP contribution is 2.33. The van der Waals surface area contributed by atoms with Gasteiger partial charge in [0.05, 0.1) is 28.7 Å². The normalized spacial score (nSPS) is 11.5. The molecule has 0 aliphatic rings. The van der Waals surface area contributed by atoms with Crippen molar-refractivity contribution >= 4 is 32.7 Å². The molecule has 5 aromatic rings. The van der Waals surface area contributed by atoms with Crippen LogP contribution in [-0.2, 0) is 19.6 Å². The van der Waals surface area contributed by atoms with E-state index in [0.717, 1.165) is 34.7 Å². The average Bonchev–Trinajstić information content (AvgIpc) is 3.38. The van der Waals surface area contributed by atoms with E-state index in [1.165, 1.54) is 23.5 Å². The number of anilines is 1. The lowest BCUT2D eigenvalue weighted by molar-refractivity contribution is -0.140. The van der Waals surface area contributed by atoms with E-state index in [2.05, 4.69) is 4.57 Å². The third-order valence-electron chi connectivity index (χ3n) is 6.84. The number of halogens is 1. The number of esters is 1. The summed E-state index contributed by atoms with van der Waals surface area (Å²) < 4.78 is 49.3. The summed E-state index contributed by atoms with van der Waals surface area (Å²) in [7, 11) is -2.67. The summed E-state index contributed by atoms with van der Waals surface area (Å²) in [4.78, 5) is 16.4. The molecule has 0 saturated carbocycles. The molecule has 7 nitrogen and oxygen atoms in total. The SMILES string of the molecule is COC(=O)CCCCCN(c1ccc2c(c1)nc(-c1ccccc1)n2-c1ccccc1)S(=O)(=O)c1ccc(F)cc1. The maximum Gasteiger partial charge on any atom is 0.305 e. The predicted octanol–water partition coefficient (Wildman–Crippen LogP) is 6.76. The Morgan fingerprint density at radius 3 is 2.24 bits per heavy atom. The van der Waals surface area contributed by atoms with E-state index in [1.54, 1.807) is 12.1 Å². The number of rotatable bonds is 11. The smallest absolute Gasteiger partial charge is 0.305 e. The fourth-order valence-corrected chi connectivity index (χ4v) is 6.26. The number of nitrogens with zero attached hydrogens (tertiary/aromatic N) is 3. The van der Waals surface area contributed by atoms with E-state index < -0.39 is 15.8 Å². The molecule has 0 fully saturated rings. The maximum atomic E-state index is 13.8. The number of imidazole rings is 1. The van der Waals surface area contributed by atoms with Crippen molar-refractivity contribution < 1.29 is 22.3 Å². The molecule has 0 aliphatic heterocycles. The van der Waals surface area contributed by atoms with Crippen LogP contribution >= 0.6 is 0 Å². The fraction of sp³-hybridized carbons (Fsp3) is 0.188. The molecule has 1 aromatic heterocycles. The second kappa shape index (κ2) is 12.3. The second-order valence-corrected chi connectivity index (χ2v) is 11.4. The molecule has 41 heavy (non-hydrogen) atoms. The molecule has 0 amide bonds. The summed E-state index contributed by atoms with van der Waals surface area (Å²) >= 11 is 0. The number of sulfonamides is 1. The highest BCUT2D eigenvalue weighted by molar-refractivity contribution is 7.92. The number of aromatic nitrogens is 2. The maximum absolute atomic E-state index is 13.8. The van der Waals surface area contributed by atoms with Gasteiger partial charge in [-0.25, -0.2) is 17.8 Å². The molecule has 0 unspecified atom stereocenters. The number of hydrogen-bond acceptors (Lipinski definition) is 5. The van der Waals surface area contributed by atoms with Gasteiger partial charge in [-0.2, -0.15) is 0 Å². The van der Waals surface area contributed by atoms with Gasteiger partial charge in [-0.15, -0.1) is 0 Å². The fourth-order valence-electron chi connectivity index (χ4n) is 4.77. The first-order chi connectivity index (χ1) is 19.9. The Labute approximate surface area is 238 Å². The molecular weight excluding hydrogens is 541 g/mol. The summed E-state index contributed by atoms with van der Waals surface area (Å²) in [6.45, 7) is 0.178. The van der Waals surface area contributed by atoms with Crippen LogP contribution in [0.15, 0.2) is 108 Å². The highest BCUT2D eigenvalue weighted by atomic mass is 32.2. The molecule has 210 valence electrons. The molecular formula is C32H30FN3O4S. The number of para-hydroxylation sites is 1. The van der Waals surface area contributed by atoms with Gasteiger partial charge in [0.15, 0.2) is 0 Å². The number of methoxy groups -OCH3 is 1. The zero-order valence-electron chi connectivity index (χ0n) is 22.6. The first-order valence-corrected chi connectivity index (χ1v) is 14.8. The van der Waals surface area contributed by atoms with Crippen molar-refractivity contribution in [3.63, 3.8) is 0 Å². The molecule has 1 heterocycles. The third kappa shape index (κ3) is 6.15. The van der Waals surface area contributed by atoms with Gasteiger partial charge in [0.2, 0.25) is 0 Å². The van der Waals surface area contributed by atoms with Gasteiger partial charge >= 0.3 is 5.97 Å². The van der Waals surface area contributed by atoms with Crippen LogP contribution in [0.1, 0.15) is 25.7 Å². The number of carbonyl (C=O) groups is 1. The Bertz CT molecular complexity index is 1740. The molecule has 9 heteroatoms. The van der Waals surface area contributed by atoms with Gasteiger partial charge in [0, 0.05) is 24.2 Å². The molecule has 0 aliphatic carbocycles. The minimum atomic E-state index is -4.01. The molecule has 4 aromatic carbocycles. The van der Waals surface area contributed by atoms with Crippen LogP contribution in [0.25, 0.3) is 28.1 Å². The van der Waals surface area contributed by atoms with Crippen molar-refractivity contribution in [3.8, 4) is 17.1 Å². The number of benzene rings is 4. The Hall–Kier alpha value is -4.50. The minimum absolute atomic E-state index is 0.00616. The number of fused-ring (bicyclic) bond motifs is 1. The summed E-state index contributed by atoms with van der Waals surface area (Å²) in [6, 6.07) is 29.9. The van der Waals surface area contributed by atoms with Crippen molar-refractivity contribution in [3.05, 3.63) is 109 Å². The van der Waals surface area contributed by atoms with Crippen molar-refractivity contribution in [2.45, 2.75) is 30.6 Å². The summed E-state index contributed by atoms with van der Waals surface area (Å²) in [5.41, 5.74) is 3.77. The molecule has 0 saturated heterocycles. The van der Waals surface area contributed by atoms with E-state index in [0.29, 0.717) is 30.5 Å². The number of unbranched alkanes of at least 4 members (excludes halogenated alkanes) is 2. The van der Waals surface area contributed by atoms with Crippen LogP contribution < -0.4 is 4.31 Å². The largest absolute Gasteiger partial charge is 0.469 e. The van der Waals surface area contributed by atoms with Crippen molar-refractivity contribution in [2.75, 3.05) is 18.0 Å². The Balaban J connectivity index is 1.56. The van der Waals surface area contributed by atoms with Crippen molar-refractivity contribution in [1.82, 2.24) is 9.55 Å². The van der Waals surface area contributed by atoms with Crippen LogP contribution in [0.5, 0.6) is 0 Å². The average molecular weight is 572 g/mol. The quantitative estimate of drug-likeness (QED) is 0.129. The van der Waals surface area contributed by atoms with Gasteiger partial charge in [-0.05, 0) is 67.4 Å². The van der Waals surface area contributed by atoms with Gasteiger partial charge in [-0.3, -0.25) is 13.7 Å². The van der Waals surface area contributed by atoms with E-state index in [-0.39, 0.29) is 23.8 Å². The van der Waals surface area contributed by atoms with Crippen LogP contribution in [0.2, 0.25) is 0 Å². The number of ether oxygens (including phenoxy) is 1. The van der Waals surface area contributed by atoms with E-state index >= 15 is 0 Å². The second-order valence-electron chi connectivity index (χ2n) is 9.56. The van der Waals surface area contributed by atoms with Crippen molar-refractivity contribution in [2.24, 2.45) is 0 Å².